The van der Waals surface area contributed by atoms with Crippen molar-refractivity contribution in [2.45, 2.75) is 32.2 Å². The zero-order valence-electron chi connectivity index (χ0n) is 17.1. The molecule has 2 aliphatic heterocycles. The maximum absolute atomic E-state index is 12.7. The minimum atomic E-state index is -0.0149. The monoisotopic (exact) mass is 494 g/mol. The summed E-state index contributed by atoms with van der Waals surface area (Å²) < 4.78 is 0. The van der Waals surface area contributed by atoms with Crippen molar-refractivity contribution in [3.05, 3.63) is 0 Å². The lowest BCUT2D eigenvalue weighted by molar-refractivity contribution is -0.136. The highest BCUT2D eigenvalue weighted by Gasteiger charge is 2.33. The maximum Gasteiger partial charge on any atom is 0.243 e. The topological polar surface area (TPSA) is 71.5 Å². The van der Waals surface area contributed by atoms with E-state index in [-0.39, 0.29) is 48.4 Å². The molecule has 0 spiro atoms. The number of rotatable bonds is 5. The lowest BCUT2D eigenvalue weighted by atomic mass is 10.1. The molecule has 0 aromatic carbocycles. The second kappa shape index (κ2) is 11.7. The highest BCUT2D eigenvalue weighted by Crippen LogP contribution is 2.18. The molecule has 2 fully saturated rings. The van der Waals surface area contributed by atoms with Gasteiger partial charge in [0, 0.05) is 46.8 Å². The van der Waals surface area contributed by atoms with Gasteiger partial charge in [0.1, 0.15) is 6.54 Å². The average molecular weight is 494 g/mol. The Morgan fingerprint density at radius 3 is 2.26 bits per heavy atom. The van der Waals surface area contributed by atoms with Crippen molar-refractivity contribution in [2.24, 2.45) is 4.99 Å². The molecule has 1 N–H and O–H groups in total. The average Bonchev–Trinajstić information content (AvgIpc) is 3.07. The van der Waals surface area contributed by atoms with Gasteiger partial charge in [0.25, 0.3) is 0 Å². The van der Waals surface area contributed by atoms with Crippen molar-refractivity contribution in [3.63, 3.8) is 0 Å². The van der Waals surface area contributed by atoms with E-state index < -0.39 is 0 Å². The zero-order valence-corrected chi connectivity index (χ0v) is 19.4. The molecule has 2 heterocycles. The number of hydrogen-bond acceptors (Lipinski definition) is 4. The summed E-state index contributed by atoms with van der Waals surface area (Å²) in [6, 6.07) is 0.0469. The Balaban J connectivity index is 0.00000364. The first kappa shape index (κ1) is 23.9. The molecule has 1 atom stereocenters. The van der Waals surface area contributed by atoms with Crippen LogP contribution in [0.25, 0.3) is 0 Å². The van der Waals surface area contributed by atoms with E-state index in [1.165, 1.54) is 0 Å². The van der Waals surface area contributed by atoms with Gasteiger partial charge in [-0.1, -0.05) is 6.92 Å². The number of guanidine groups is 1. The largest absolute Gasteiger partial charge is 0.356 e. The molecule has 0 bridgehead atoms. The van der Waals surface area contributed by atoms with E-state index in [1.807, 2.05) is 11.9 Å². The highest BCUT2D eigenvalue weighted by atomic mass is 127. The van der Waals surface area contributed by atoms with Crippen LogP contribution < -0.4 is 5.32 Å². The van der Waals surface area contributed by atoms with Crippen LogP contribution in [-0.2, 0) is 9.59 Å². The Hall–Kier alpha value is -1.10. The Kier molecular flexibility index (Phi) is 10.4. The quantitative estimate of drug-likeness (QED) is 0.338. The molecule has 1 unspecified atom stereocenters. The van der Waals surface area contributed by atoms with Crippen LogP contribution in [0.1, 0.15) is 26.2 Å². The van der Waals surface area contributed by atoms with Crippen molar-refractivity contribution in [1.82, 2.24) is 24.9 Å². The van der Waals surface area contributed by atoms with Crippen molar-refractivity contribution in [2.75, 3.05) is 67.0 Å². The van der Waals surface area contributed by atoms with Gasteiger partial charge in [-0.3, -0.25) is 14.5 Å². The summed E-state index contributed by atoms with van der Waals surface area (Å²) in [5.41, 5.74) is 0. The van der Waals surface area contributed by atoms with Gasteiger partial charge >= 0.3 is 0 Å². The fraction of sp³-hybridized carbons (Fsp3) is 0.833. The van der Waals surface area contributed by atoms with Gasteiger partial charge in [0.05, 0.1) is 6.04 Å². The predicted octanol–water partition coefficient (Wildman–Crippen LogP) is 0.287. The summed E-state index contributed by atoms with van der Waals surface area (Å²) in [5.74, 6) is 1.01. The zero-order chi connectivity index (χ0) is 19.1. The van der Waals surface area contributed by atoms with Crippen molar-refractivity contribution >= 4 is 41.8 Å². The fourth-order valence-electron chi connectivity index (χ4n) is 3.36. The summed E-state index contributed by atoms with van der Waals surface area (Å²) in [7, 11) is 5.51. The Bertz CT molecular complexity index is 520. The number of likely N-dealkylation sites (N-methyl/N-ethyl adjacent to an activating group) is 2. The molecule has 0 saturated carbocycles. The van der Waals surface area contributed by atoms with E-state index in [0.29, 0.717) is 13.1 Å². The van der Waals surface area contributed by atoms with Gasteiger partial charge in [0.2, 0.25) is 11.8 Å². The molecule has 156 valence electrons. The third-order valence-electron chi connectivity index (χ3n) is 5.09. The lowest BCUT2D eigenvalue weighted by Gasteiger charge is -2.38. The number of nitrogens with one attached hydrogen (secondary N) is 1. The Labute approximate surface area is 180 Å². The molecule has 0 aromatic rings. The SMILES string of the molecule is CCCNC(=NCC(=O)N(C)C)N1CCN(C(=O)C2CCCN2C)CC1.I. The van der Waals surface area contributed by atoms with Crippen LogP contribution in [0.15, 0.2) is 4.99 Å². The molecular weight excluding hydrogens is 459 g/mol. The van der Waals surface area contributed by atoms with Gasteiger partial charge in [-0.25, -0.2) is 4.99 Å². The summed E-state index contributed by atoms with van der Waals surface area (Å²) >= 11 is 0. The predicted molar refractivity (Wildman–Crippen MR) is 119 cm³/mol. The van der Waals surface area contributed by atoms with Crippen LogP contribution >= 0.6 is 24.0 Å². The van der Waals surface area contributed by atoms with E-state index in [9.17, 15) is 9.59 Å². The molecule has 0 aliphatic carbocycles. The smallest absolute Gasteiger partial charge is 0.243 e. The first-order valence-corrected chi connectivity index (χ1v) is 9.66. The van der Waals surface area contributed by atoms with Crippen LogP contribution in [0, 0.1) is 0 Å². The molecule has 27 heavy (non-hydrogen) atoms. The molecule has 2 aliphatic rings. The number of piperazine rings is 1. The summed E-state index contributed by atoms with van der Waals surface area (Å²) in [4.78, 5) is 36.9. The molecular formula is C18H35IN6O2. The Morgan fingerprint density at radius 2 is 1.74 bits per heavy atom. The van der Waals surface area contributed by atoms with Crippen LogP contribution in [0.5, 0.6) is 0 Å². The first-order chi connectivity index (χ1) is 12.4. The van der Waals surface area contributed by atoms with Crippen LogP contribution in [0.3, 0.4) is 0 Å². The van der Waals surface area contributed by atoms with Crippen molar-refractivity contribution < 1.29 is 9.59 Å². The molecule has 2 rings (SSSR count). The third-order valence-corrected chi connectivity index (χ3v) is 5.09. The van der Waals surface area contributed by atoms with Crippen LogP contribution in [0.2, 0.25) is 0 Å². The van der Waals surface area contributed by atoms with Crippen LogP contribution in [-0.4, -0.2) is 110 Å². The van der Waals surface area contributed by atoms with Gasteiger partial charge in [0.15, 0.2) is 5.96 Å². The van der Waals surface area contributed by atoms with E-state index in [2.05, 4.69) is 27.0 Å². The standard InChI is InChI=1S/C18H34N6O2.HI/c1-5-8-19-18(20-14-16(25)21(2)3)24-12-10-23(11-13-24)17(26)15-7-6-9-22(15)4;/h15H,5-14H2,1-4H3,(H,19,20);1H. The van der Waals surface area contributed by atoms with Gasteiger partial charge in [-0.05, 0) is 32.9 Å². The lowest BCUT2D eigenvalue weighted by Crippen LogP contribution is -2.56. The molecule has 8 nitrogen and oxygen atoms in total. The highest BCUT2D eigenvalue weighted by molar-refractivity contribution is 14.0. The minimum absolute atomic E-state index is 0. The fourth-order valence-corrected chi connectivity index (χ4v) is 3.36. The first-order valence-electron chi connectivity index (χ1n) is 9.66. The normalized spacial score (nSPS) is 21.0. The number of nitrogens with zero attached hydrogens (tertiary/aromatic N) is 5. The number of carbonyl (C=O) groups is 2. The molecule has 9 heteroatoms. The molecule has 2 amide bonds. The minimum Gasteiger partial charge on any atom is -0.356 e. The molecule has 0 radical (unpaired) electrons. The van der Waals surface area contributed by atoms with E-state index >= 15 is 0 Å². The molecule has 2 saturated heterocycles. The van der Waals surface area contributed by atoms with E-state index in [4.69, 9.17) is 0 Å². The summed E-state index contributed by atoms with van der Waals surface area (Å²) in [6.07, 6.45) is 3.06. The number of aliphatic imine (C=N–C) groups is 1. The van der Waals surface area contributed by atoms with Gasteiger partial charge < -0.3 is 20.0 Å². The van der Waals surface area contributed by atoms with E-state index in [0.717, 1.165) is 51.4 Å². The van der Waals surface area contributed by atoms with Crippen molar-refractivity contribution in [3.8, 4) is 0 Å². The second-order valence-electron chi connectivity index (χ2n) is 7.31. The number of halogens is 1. The maximum atomic E-state index is 12.7. The second-order valence-corrected chi connectivity index (χ2v) is 7.31. The van der Waals surface area contributed by atoms with Gasteiger partial charge in [-0.2, -0.15) is 0 Å². The van der Waals surface area contributed by atoms with Crippen molar-refractivity contribution in [1.29, 1.82) is 0 Å². The number of amides is 2. The summed E-state index contributed by atoms with van der Waals surface area (Å²) in [5, 5.41) is 3.33. The third kappa shape index (κ3) is 6.78. The summed E-state index contributed by atoms with van der Waals surface area (Å²) in [6.45, 7) is 6.97. The van der Waals surface area contributed by atoms with Crippen LogP contribution in [0.4, 0.5) is 0 Å². The van der Waals surface area contributed by atoms with E-state index in [1.54, 1.807) is 19.0 Å². The Morgan fingerprint density at radius 1 is 1.11 bits per heavy atom. The van der Waals surface area contributed by atoms with Gasteiger partial charge in [-0.15, -0.1) is 24.0 Å². The number of likely N-dealkylation sites (tertiary alicyclic amines) is 1. The number of hydrogen-bond donors (Lipinski definition) is 1. The molecule has 0 aromatic heterocycles. The number of carbonyl (C=O) groups excluding carboxylic acids is 2.